The van der Waals surface area contributed by atoms with E-state index in [-0.39, 0.29) is 37.1 Å². The Kier molecular flexibility index (Phi) is 8.27. The Morgan fingerprint density at radius 3 is 2.55 bits per heavy atom. The number of hydroxylamine groups is 1. The first-order valence-electron chi connectivity index (χ1n) is 12.6. The standard InChI is InChI=1S/C28H35N3O6S/c1-19(2)14-27(33)31-12-13-38(35,36)28(18-31,16-26(32)30-34)22-8-10-23(11-9-22)37-17-21-15-20(3)29-25-7-5-4-6-24(21)25/h4-11,15,19,34-36H,12-14,16-18H2,1-3H3,(H,30,32). The van der Waals surface area contributed by atoms with Gasteiger partial charge in [0.15, 0.2) is 0 Å². The maximum absolute atomic E-state index is 12.9. The molecule has 10 heteroatoms. The molecule has 1 fully saturated rings. The molecule has 1 saturated heterocycles. The minimum absolute atomic E-state index is 0.0448. The van der Waals surface area contributed by atoms with Crippen molar-refractivity contribution in [3.63, 3.8) is 0 Å². The van der Waals surface area contributed by atoms with Crippen LogP contribution in [0.2, 0.25) is 0 Å². The predicted molar refractivity (Wildman–Crippen MR) is 147 cm³/mol. The summed E-state index contributed by atoms with van der Waals surface area (Å²) in [5.41, 5.74) is 4.87. The van der Waals surface area contributed by atoms with Crippen LogP contribution in [0.5, 0.6) is 5.75 Å². The lowest BCUT2D eigenvalue weighted by Gasteiger charge is -2.56. The van der Waals surface area contributed by atoms with E-state index in [1.807, 2.05) is 51.1 Å². The van der Waals surface area contributed by atoms with Crippen LogP contribution in [0.15, 0.2) is 54.6 Å². The minimum Gasteiger partial charge on any atom is -0.489 e. The molecule has 204 valence electrons. The number of carbonyl (C=O) groups is 2. The highest BCUT2D eigenvalue weighted by Crippen LogP contribution is 2.62. The third-order valence-electron chi connectivity index (χ3n) is 6.93. The first-order chi connectivity index (χ1) is 18.0. The summed E-state index contributed by atoms with van der Waals surface area (Å²) in [4.78, 5) is 31.4. The minimum atomic E-state index is -3.35. The van der Waals surface area contributed by atoms with Gasteiger partial charge in [-0.05, 0) is 42.7 Å². The fraction of sp³-hybridized carbons (Fsp3) is 0.393. The molecule has 9 nitrogen and oxygen atoms in total. The monoisotopic (exact) mass is 541 g/mol. The van der Waals surface area contributed by atoms with Gasteiger partial charge in [-0.1, -0.05) is 44.2 Å². The van der Waals surface area contributed by atoms with E-state index in [0.717, 1.165) is 22.2 Å². The van der Waals surface area contributed by atoms with Crippen molar-refractivity contribution in [2.24, 2.45) is 5.92 Å². The Bertz CT molecular complexity index is 1310. The number of pyridine rings is 1. The third-order valence-corrected chi connectivity index (χ3v) is 9.44. The van der Waals surface area contributed by atoms with E-state index in [1.54, 1.807) is 34.6 Å². The van der Waals surface area contributed by atoms with Gasteiger partial charge in [0.05, 0.1) is 17.7 Å². The summed E-state index contributed by atoms with van der Waals surface area (Å²) in [5.74, 6) is -0.221. The highest BCUT2D eigenvalue weighted by atomic mass is 32.3. The quantitative estimate of drug-likeness (QED) is 0.237. The number of nitrogens with one attached hydrogen (secondary N) is 1. The van der Waals surface area contributed by atoms with Crippen molar-refractivity contribution in [2.75, 3.05) is 18.8 Å². The summed E-state index contributed by atoms with van der Waals surface area (Å²) >= 11 is 0. The number of carbonyl (C=O) groups excluding carboxylic acids is 2. The lowest BCUT2D eigenvalue weighted by atomic mass is 9.92. The Balaban J connectivity index is 1.61. The highest BCUT2D eigenvalue weighted by molar-refractivity contribution is 8.25. The van der Waals surface area contributed by atoms with Gasteiger partial charge >= 0.3 is 0 Å². The lowest BCUT2D eigenvalue weighted by Crippen LogP contribution is -2.55. The number of hydrogen-bond donors (Lipinski definition) is 4. The van der Waals surface area contributed by atoms with Crippen LogP contribution >= 0.6 is 10.6 Å². The molecule has 2 amide bonds. The first-order valence-corrected chi connectivity index (χ1v) is 14.3. The van der Waals surface area contributed by atoms with Crippen LogP contribution in [0.4, 0.5) is 0 Å². The number of fused-ring (bicyclic) bond motifs is 1. The number of ether oxygens (including phenoxy) is 1. The summed E-state index contributed by atoms with van der Waals surface area (Å²) in [7, 11) is -3.35. The fourth-order valence-electron chi connectivity index (χ4n) is 5.00. The first kappa shape index (κ1) is 27.8. The largest absolute Gasteiger partial charge is 0.489 e. The zero-order valence-electron chi connectivity index (χ0n) is 21.9. The second-order valence-corrected chi connectivity index (χ2v) is 12.8. The molecule has 0 radical (unpaired) electrons. The van der Waals surface area contributed by atoms with Gasteiger partial charge in [-0.25, -0.2) is 5.48 Å². The molecule has 1 aliphatic heterocycles. The summed E-state index contributed by atoms with van der Waals surface area (Å²) in [6, 6.07) is 16.7. The van der Waals surface area contributed by atoms with Gasteiger partial charge in [-0.3, -0.25) is 28.9 Å². The summed E-state index contributed by atoms with van der Waals surface area (Å²) in [5, 5.41) is 10.3. The van der Waals surface area contributed by atoms with E-state index < -0.39 is 21.2 Å². The molecule has 0 bridgehead atoms. The second-order valence-electron chi connectivity index (χ2n) is 10.2. The highest BCUT2D eigenvalue weighted by Gasteiger charge is 2.51. The number of para-hydroxylation sites is 1. The Morgan fingerprint density at radius 2 is 1.87 bits per heavy atom. The number of amides is 2. The number of hydrogen-bond acceptors (Lipinski definition) is 7. The van der Waals surface area contributed by atoms with Crippen molar-refractivity contribution in [3.05, 3.63) is 71.4 Å². The van der Waals surface area contributed by atoms with E-state index in [4.69, 9.17) is 4.74 Å². The summed E-state index contributed by atoms with van der Waals surface area (Å²) < 4.78 is 27.0. The van der Waals surface area contributed by atoms with Gasteiger partial charge in [0, 0.05) is 36.2 Å². The Labute approximate surface area is 224 Å². The predicted octanol–water partition coefficient (Wildman–Crippen LogP) is 4.85. The molecule has 1 aliphatic rings. The number of aryl methyl sites for hydroxylation is 1. The van der Waals surface area contributed by atoms with Gasteiger partial charge in [0.25, 0.3) is 0 Å². The van der Waals surface area contributed by atoms with E-state index >= 15 is 0 Å². The molecule has 38 heavy (non-hydrogen) atoms. The normalized spacial score (nSPS) is 19.8. The van der Waals surface area contributed by atoms with Gasteiger partial charge in [-0.15, -0.1) is 0 Å². The molecule has 2 aromatic carbocycles. The van der Waals surface area contributed by atoms with Gasteiger partial charge < -0.3 is 9.64 Å². The average molecular weight is 542 g/mol. The van der Waals surface area contributed by atoms with Crippen molar-refractivity contribution < 1.29 is 28.6 Å². The molecule has 2 heterocycles. The molecule has 3 aromatic rings. The van der Waals surface area contributed by atoms with E-state index in [9.17, 15) is 23.9 Å². The number of rotatable bonds is 8. The SMILES string of the molecule is Cc1cc(COc2ccc(C3(CC(=O)NO)CN(C(=O)CC(C)C)CCS3(O)O)cc2)c2ccccc2n1. The van der Waals surface area contributed by atoms with Crippen molar-refractivity contribution in [1.29, 1.82) is 0 Å². The molecule has 0 saturated carbocycles. The molecule has 4 rings (SSSR count). The van der Waals surface area contributed by atoms with Crippen molar-refractivity contribution in [2.45, 2.75) is 45.0 Å². The number of benzene rings is 2. The van der Waals surface area contributed by atoms with Gasteiger partial charge in [0.1, 0.15) is 17.1 Å². The van der Waals surface area contributed by atoms with Crippen LogP contribution in [0.3, 0.4) is 0 Å². The van der Waals surface area contributed by atoms with E-state index in [0.29, 0.717) is 24.3 Å². The van der Waals surface area contributed by atoms with Crippen LogP contribution in [-0.2, 0) is 20.9 Å². The Morgan fingerprint density at radius 1 is 1.16 bits per heavy atom. The van der Waals surface area contributed by atoms with Crippen LogP contribution < -0.4 is 10.2 Å². The summed E-state index contributed by atoms with van der Waals surface area (Å²) in [6.45, 7) is 6.28. The molecular formula is C28H35N3O6S. The van der Waals surface area contributed by atoms with E-state index in [1.165, 1.54) is 0 Å². The maximum Gasteiger partial charge on any atom is 0.245 e. The van der Waals surface area contributed by atoms with E-state index in [2.05, 4.69) is 4.98 Å². The van der Waals surface area contributed by atoms with Crippen molar-refractivity contribution in [1.82, 2.24) is 15.4 Å². The van der Waals surface area contributed by atoms with Crippen molar-refractivity contribution in [3.8, 4) is 5.75 Å². The smallest absolute Gasteiger partial charge is 0.245 e. The molecule has 1 unspecified atom stereocenters. The topological polar surface area (TPSA) is 132 Å². The zero-order valence-corrected chi connectivity index (χ0v) is 22.7. The van der Waals surface area contributed by atoms with Gasteiger partial charge in [-0.2, -0.15) is 10.6 Å². The van der Waals surface area contributed by atoms with Crippen LogP contribution in [-0.4, -0.2) is 54.9 Å². The Hall–Kier alpha value is -3.18. The van der Waals surface area contributed by atoms with Crippen LogP contribution in [0.25, 0.3) is 10.9 Å². The van der Waals surface area contributed by atoms with Crippen LogP contribution in [0, 0.1) is 12.8 Å². The molecule has 1 atom stereocenters. The lowest BCUT2D eigenvalue weighted by molar-refractivity contribution is -0.134. The molecular weight excluding hydrogens is 506 g/mol. The van der Waals surface area contributed by atoms with Crippen molar-refractivity contribution >= 4 is 33.3 Å². The van der Waals surface area contributed by atoms with Gasteiger partial charge in [0.2, 0.25) is 11.8 Å². The zero-order chi connectivity index (χ0) is 27.5. The molecule has 4 N–H and O–H groups in total. The summed E-state index contributed by atoms with van der Waals surface area (Å²) in [6.07, 6.45) is -0.0722. The number of aromatic nitrogens is 1. The van der Waals surface area contributed by atoms with Crippen LogP contribution in [0.1, 0.15) is 43.5 Å². The third kappa shape index (κ3) is 5.78. The molecule has 0 spiro atoms. The molecule has 1 aromatic heterocycles. The molecule has 0 aliphatic carbocycles. The average Bonchev–Trinajstić information content (AvgIpc) is 2.88. The fourth-order valence-corrected chi connectivity index (χ4v) is 7.10. The number of nitrogens with zero attached hydrogens (tertiary/aromatic N) is 2. The second kappa shape index (κ2) is 11.3. The maximum atomic E-state index is 12.9.